The number of hydrogen-bond acceptors (Lipinski definition) is 4. The zero-order chi connectivity index (χ0) is 19.8. The first-order valence-corrected chi connectivity index (χ1v) is 11.6. The number of carbonyl (C=O) groups excluding carboxylic acids is 1. The fraction of sp³-hybridized carbons (Fsp3) is 0.455. The molecule has 6 heteroatoms. The van der Waals surface area contributed by atoms with Crippen LogP contribution in [-0.4, -0.2) is 27.1 Å². The van der Waals surface area contributed by atoms with Crippen LogP contribution in [0.4, 0.5) is 0 Å². The lowest BCUT2D eigenvalue weighted by atomic mass is 9.97. The molecule has 0 radical (unpaired) electrons. The lowest BCUT2D eigenvalue weighted by molar-refractivity contribution is -0.132. The van der Waals surface area contributed by atoms with E-state index >= 15 is 0 Å². The van der Waals surface area contributed by atoms with Crippen LogP contribution in [0.5, 0.6) is 0 Å². The summed E-state index contributed by atoms with van der Waals surface area (Å²) in [5.41, 5.74) is 4.50. The molecule has 1 aliphatic heterocycles. The number of nitrogens with zero attached hydrogens (tertiary/aromatic N) is 3. The SMILES string of the molecule is Cc1nn(CC(C)C)c(C)c1CC(=O)N1CCc2sccc2C1c1cccs1. The van der Waals surface area contributed by atoms with Crippen molar-refractivity contribution < 1.29 is 4.79 Å². The summed E-state index contributed by atoms with van der Waals surface area (Å²) in [6.07, 6.45) is 1.38. The number of rotatable bonds is 5. The normalized spacial score (nSPS) is 16.6. The number of aryl methyl sites for hydroxylation is 1. The Morgan fingerprint density at radius 1 is 1.25 bits per heavy atom. The van der Waals surface area contributed by atoms with Crippen LogP contribution in [0.25, 0.3) is 0 Å². The van der Waals surface area contributed by atoms with Gasteiger partial charge in [0.2, 0.25) is 5.91 Å². The second-order valence-corrected chi connectivity index (χ2v) is 9.94. The largest absolute Gasteiger partial charge is 0.330 e. The van der Waals surface area contributed by atoms with Crippen molar-refractivity contribution in [1.29, 1.82) is 0 Å². The van der Waals surface area contributed by atoms with Crippen LogP contribution < -0.4 is 0 Å². The minimum Gasteiger partial charge on any atom is -0.330 e. The average molecular weight is 414 g/mol. The molecule has 4 rings (SSSR count). The van der Waals surface area contributed by atoms with Crippen LogP contribution in [-0.2, 0) is 24.2 Å². The number of carbonyl (C=O) groups is 1. The highest BCUT2D eigenvalue weighted by Crippen LogP contribution is 2.39. The van der Waals surface area contributed by atoms with Crippen molar-refractivity contribution in [3.05, 3.63) is 61.2 Å². The smallest absolute Gasteiger partial charge is 0.227 e. The van der Waals surface area contributed by atoms with Crippen LogP contribution >= 0.6 is 22.7 Å². The molecule has 0 saturated heterocycles. The topological polar surface area (TPSA) is 38.1 Å². The highest BCUT2D eigenvalue weighted by atomic mass is 32.1. The van der Waals surface area contributed by atoms with Crippen molar-refractivity contribution in [2.75, 3.05) is 6.54 Å². The summed E-state index contributed by atoms with van der Waals surface area (Å²) in [4.78, 5) is 18.2. The zero-order valence-corrected chi connectivity index (χ0v) is 18.6. The first-order valence-electron chi connectivity index (χ1n) is 9.87. The van der Waals surface area contributed by atoms with Gasteiger partial charge in [0.1, 0.15) is 0 Å². The minimum absolute atomic E-state index is 0.0498. The minimum atomic E-state index is 0.0498. The second kappa shape index (κ2) is 7.84. The zero-order valence-electron chi connectivity index (χ0n) is 16.9. The molecule has 0 saturated carbocycles. The van der Waals surface area contributed by atoms with Crippen LogP contribution in [0.3, 0.4) is 0 Å². The van der Waals surface area contributed by atoms with Gasteiger partial charge < -0.3 is 4.90 Å². The van der Waals surface area contributed by atoms with E-state index in [1.165, 1.54) is 15.3 Å². The van der Waals surface area contributed by atoms with E-state index in [4.69, 9.17) is 5.10 Å². The molecule has 0 spiro atoms. The summed E-state index contributed by atoms with van der Waals surface area (Å²) in [6, 6.07) is 6.47. The third-order valence-corrected chi connectivity index (χ3v) is 7.42. The van der Waals surface area contributed by atoms with Crippen molar-refractivity contribution in [2.45, 2.75) is 53.1 Å². The molecular weight excluding hydrogens is 386 g/mol. The van der Waals surface area contributed by atoms with Crippen LogP contribution in [0.2, 0.25) is 0 Å². The van der Waals surface area contributed by atoms with Crippen molar-refractivity contribution in [3.8, 4) is 0 Å². The molecule has 4 nitrogen and oxygen atoms in total. The molecule has 28 heavy (non-hydrogen) atoms. The van der Waals surface area contributed by atoms with E-state index < -0.39 is 0 Å². The summed E-state index contributed by atoms with van der Waals surface area (Å²) in [5, 5.41) is 8.95. The highest BCUT2D eigenvalue weighted by molar-refractivity contribution is 7.10. The predicted molar refractivity (Wildman–Crippen MR) is 116 cm³/mol. The van der Waals surface area contributed by atoms with Crippen molar-refractivity contribution in [1.82, 2.24) is 14.7 Å². The Hall–Kier alpha value is -1.92. The Kier molecular flexibility index (Phi) is 5.43. The quantitative estimate of drug-likeness (QED) is 0.591. The van der Waals surface area contributed by atoms with E-state index in [0.717, 1.165) is 36.5 Å². The van der Waals surface area contributed by atoms with Crippen molar-refractivity contribution in [2.24, 2.45) is 5.92 Å². The van der Waals surface area contributed by atoms with Crippen molar-refractivity contribution >= 4 is 28.6 Å². The van der Waals surface area contributed by atoms with Gasteiger partial charge >= 0.3 is 0 Å². The lowest BCUT2D eigenvalue weighted by Crippen LogP contribution is -2.40. The Bertz CT molecular complexity index is 968. The molecule has 1 amide bonds. The average Bonchev–Trinajstić information content (AvgIpc) is 3.38. The van der Waals surface area contributed by atoms with Crippen LogP contribution in [0.15, 0.2) is 29.0 Å². The predicted octanol–water partition coefficient (Wildman–Crippen LogP) is 5.00. The summed E-state index contributed by atoms with van der Waals surface area (Å²) < 4.78 is 2.06. The Labute approximate surface area is 174 Å². The molecule has 0 aliphatic carbocycles. The maximum atomic E-state index is 13.4. The van der Waals surface area contributed by atoms with E-state index in [2.05, 4.69) is 59.3 Å². The maximum absolute atomic E-state index is 13.4. The summed E-state index contributed by atoms with van der Waals surface area (Å²) >= 11 is 3.55. The first-order chi connectivity index (χ1) is 13.5. The molecule has 148 valence electrons. The first kappa shape index (κ1) is 19.4. The molecule has 3 aromatic heterocycles. The lowest BCUT2D eigenvalue weighted by Gasteiger charge is -2.35. The monoisotopic (exact) mass is 413 g/mol. The molecule has 0 aromatic carbocycles. The summed E-state index contributed by atoms with van der Waals surface area (Å²) in [6.45, 7) is 10.2. The molecular formula is C22H27N3OS2. The van der Waals surface area contributed by atoms with E-state index in [0.29, 0.717) is 12.3 Å². The molecule has 3 aromatic rings. The molecule has 0 fully saturated rings. The van der Waals surface area contributed by atoms with Crippen LogP contribution in [0, 0.1) is 19.8 Å². The van der Waals surface area contributed by atoms with Gasteiger partial charge in [-0.15, -0.1) is 22.7 Å². The Morgan fingerprint density at radius 3 is 2.79 bits per heavy atom. The van der Waals surface area contributed by atoms with E-state index in [9.17, 15) is 4.79 Å². The van der Waals surface area contributed by atoms with Gasteiger partial charge in [0.15, 0.2) is 0 Å². The van der Waals surface area contributed by atoms with Gasteiger partial charge in [-0.05, 0) is 54.6 Å². The van der Waals surface area contributed by atoms with Gasteiger partial charge in [0.05, 0.1) is 18.2 Å². The van der Waals surface area contributed by atoms with Gasteiger partial charge in [0.25, 0.3) is 0 Å². The summed E-state index contributed by atoms with van der Waals surface area (Å²) in [5.74, 6) is 0.731. The van der Waals surface area contributed by atoms with Gasteiger partial charge in [-0.3, -0.25) is 9.48 Å². The molecule has 1 unspecified atom stereocenters. The molecule has 0 bridgehead atoms. The van der Waals surface area contributed by atoms with E-state index in [1.54, 1.807) is 11.3 Å². The van der Waals surface area contributed by atoms with Gasteiger partial charge in [-0.2, -0.15) is 5.10 Å². The van der Waals surface area contributed by atoms with E-state index in [-0.39, 0.29) is 11.9 Å². The number of amides is 1. The third kappa shape index (κ3) is 3.55. The third-order valence-electron chi connectivity index (χ3n) is 5.50. The fourth-order valence-corrected chi connectivity index (χ4v) is 5.86. The standard InChI is InChI=1S/C22H27N3OS2/c1-14(2)13-25-16(4)18(15(3)23-25)12-21(26)24-9-7-19-17(8-11-28-19)22(24)20-6-5-10-27-20/h5-6,8,10-11,14,22H,7,9,12-13H2,1-4H3. The number of aromatic nitrogens is 2. The van der Waals surface area contributed by atoms with E-state index in [1.807, 2.05) is 18.3 Å². The molecule has 1 aliphatic rings. The summed E-state index contributed by atoms with van der Waals surface area (Å²) in [7, 11) is 0. The fourth-order valence-electron chi connectivity index (χ4n) is 4.10. The molecule has 1 atom stereocenters. The van der Waals surface area contributed by atoms with Crippen molar-refractivity contribution in [3.63, 3.8) is 0 Å². The molecule has 4 heterocycles. The molecule has 0 N–H and O–H groups in total. The van der Waals surface area contributed by atoms with Gasteiger partial charge in [-0.1, -0.05) is 19.9 Å². The number of hydrogen-bond donors (Lipinski definition) is 0. The van der Waals surface area contributed by atoms with Gasteiger partial charge in [0, 0.05) is 34.1 Å². The second-order valence-electron chi connectivity index (χ2n) is 7.96. The van der Waals surface area contributed by atoms with Crippen LogP contribution in [0.1, 0.15) is 52.2 Å². The van der Waals surface area contributed by atoms with Gasteiger partial charge in [-0.25, -0.2) is 0 Å². The number of thiophene rings is 2. The number of fused-ring (bicyclic) bond motifs is 1. The Morgan fingerprint density at radius 2 is 2.07 bits per heavy atom. The maximum Gasteiger partial charge on any atom is 0.227 e. The Balaban J connectivity index is 1.62. The highest BCUT2D eigenvalue weighted by Gasteiger charge is 2.33.